The molecule has 1 aromatic rings. The highest BCUT2D eigenvalue weighted by molar-refractivity contribution is 5.90. The van der Waals surface area contributed by atoms with E-state index < -0.39 is 30.4 Å². The van der Waals surface area contributed by atoms with Crippen LogP contribution in [0.15, 0.2) is 24.3 Å². The predicted molar refractivity (Wildman–Crippen MR) is 119 cm³/mol. The van der Waals surface area contributed by atoms with Crippen molar-refractivity contribution >= 4 is 17.5 Å². The van der Waals surface area contributed by atoms with Crippen LogP contribution in [-0.4, -0.2) is 84.8 Å². The Bertz CT molecular complexity index is 913. The number of piperidine rings is 2. The van der Waals surface area contributed by atoms with Crippen LogP contribution in [0.5, 0.6) is 5.75 Å². The number of nitrogens with one attached hydrogen (secondary N) is 1. The Morgan fingerprint density at radius 1 is 1.11 bits per heavy atom. The molecule has 5 atom stereocenters. The summed E-state index contributed by atoms with van der Waals surface area (Å²) in [4.78, 5) is 28.1. The van der Waals surface area contributed by atoms with E-state index in [1.807, 2.05) is 0 Å². The molecule has 194 valence electrons. The number of nitrogens with two attached hydrogens (primary N) is 1. The van der Waals surface area contributed by atoms with Crippen LogP contribution in [0.25, 0.3) is 0 Å². The second-order valence-electron chi connectivity index (χ2n) is 9.55. The lowest BCUT2D eigenvalue weighted by atomic mass is 9.96. The highest BCUT2D eigenvalue weighted by atomic mass is 19.4. The summed E-state index contributed by atoms with van der Waals surface area (Å²) in [5, 5.41) is 23.0. The van der Waals surface area contributed by atoms with Gasteiger partial charge in [0, 0.05) is 32.7 Å². The molecule has 2 amide bonds. The van der Waals surface area contributed by atoms with Gasteiger partial charge in [0.1, 0.15) is 0 Å². The molecule has 0 unspecified atom stereocenters. The fourth-order valence-corrected chi connectivity index (χ4v) is 5.30. The summed E-state index contributed by atoms with van der Waals surface area (Å²) in [5.41, 5.74) is 6.01. The molecule has 1 aliphatic carbocycles. The van der Waals surface area contributed by atoms with Gasteiger partial charge in [0.25, 0.3) is 11.8 Å². The van der Waals surface area contributed by atoms with Crippen molar-refractivity contribution in [2.75, 3.05) is 44.2 Å². The smallest absolute Gasteiger partial charge is 0.404 e. The van der Waals surface area contributed by atoms with Crippen LogP contribution in [0.2, 0.25) is 0 Å². The largest absolute Gasteiger partial charge is 0.573 e. The third-order valence-electron chi connectivity index (χ3n) is 7.39. The fourth-order valence-electron chi connectivity index (χ4n) is 5.30. The highest BCUT2D eigenvalue weighted by Gasteiger charge is 2.56. The summed E-state index contributed by atoms with van der Waals surface area (Å²) < 4.78 is 42.2. The van der Waals surface area contributed by atoms with Gasteiger partial charge in [0.05, 0.1) is 5.69 Å². The maximum Gasteiger partial charge on any atom is 0.573 e. The van der Waals surface area contributed by atoms with Crippen LogP contribution in [0.4, 0.5) is 18.9 Å². The first-order valence-electron chi connectivity index (χ1n) is 11.8. The number of halogens is 3. The van der Waals surface area contributed by atoms with Crippen molar-refractivity contribution in [3.63, 3.8) is 0 Å². The van der Waals surface area contributed by atoms with Gasteiger partial charge >= 0.3 is 6.36 Å². The first-order valence-corrected chi connectivity index (χ1v) is 11.8. The first-order chi connectivity index (χ1) is 16.6. The molecule has 9 nitrogen and oxygen atoms in total. The molecule has 2 heterocycles. The van der Waals surface area contributed by atoms with E-state index in [0.29, 0.717) is 69.0 Å². The summed E-state index contributed by atoms with van der Waals surface area (Å²) in [6.45, 7) is 2.67. The van der Waals surface area contributed by atoms with Crippen molar-refractivity contribution in [1.29, 1.82) is 0 Å². The summed E-state index contributed by atoms with van der Waals surface area (Å²) >= 11 is 0. The third kappa shape index (κ3) is 5.81. The number of carbonyl (C=O) groups excluding carboxylic acids is 2. The van der Waals surface area contributed by atoms with Gasteiger partial charge in [-0.2, -0.15) is 0 Å². The summed E-state index contributed by atoms with van der Waals surface area (Å²) in [6, 6.07) is 5.95. The Hall–Kier alpha value is -2.57. The molecule has 0 bridgehead atoms. The molecule has 4 rings (SSSR count). The third-order valence-corrected chi connectivity index (χ3v) is 7.39. The molecule has 12 heteroatoms. The minimum Gasteiger partial charge on any atom is -0.404 e. The van der Waals surface area contributed by atoms with Gasteiger partial charge in [-0.25, -0.2) is 0 Å². The van der Waals surface area contributed by atoms with Crippen molar-refractivity contribution in [2.45, 2.75) is 31.4 Å². The monoisotopic (exact) mass is 500 g/mol. The number of rotatable bonds is 8. The number of nitrogens with zero attached hydrogens (tertiary/aromatic N) is 2. The van der Waals surface area contributed by atoms with Crippen molar-refractivity contribution < 1.29 is 37.7 Å². The van der Waals surface area contributed by atoms with Crippen molar-refractivity contribution in [3.05, 3.63) is 24.3 Å². The maximum atomic E-state index is 12.7. The Balaban J connectivity index is 1.21. The fraction of sp³-hybridized carbons (Fsp3) is 0.652. The van der Waals surface area contributed by atoms with Gasteiger partial charge in [-0.15, -0.1) is 13.2 Å². The maximum absolute atomic E-state index is 12.7. The Morgan fingerprint density at radius 3 is 2.34 bits per heavy atom. The molecule has 2 saturated heterocycles. The van der Waals surface area contributed by atoms with Crippen LogP contribution in [-0.2, 0) is 9.59 Å². The minimum atomic E-state index is -4.78. The molecule has 35 heavy (non-hydrogen) atoms. The Morgan fingerprint density at radius 2 is 1.74 bits per heavy atom. The van der Waals surface area contributed by atoms with Crippen molar-refractivity contribution in [1.82, 2.24) is 10.2 Å². The number of aliphatic hydroxyl groups excluding tert-OH is 2. The van der Waals surface area contributed by atoms with E-state index in [-0.39, 0.29) is 18.2 Å². The summed E-state index contributed by atoms with van der Waals surface area (Å²) in [5.74, 6) is -0.654. The van der Waals surface area contributed by atoms with E-state index in [2.05, 4.69) is 10.1 Å². The zero-order chi connectivity index (χ0) is 25.3. The molecule has 2 aliphatic heterocycles. The lowest BCUT2D eigenvalue weighted by molar-refractivity contribution is -0.274. The quantitative estimate of drug-likeness (QED) is 0.404. The van der Waals surface area contributed by atoms with Gasteiger partial charge in [0.2, 0.25) is 0 Å². The number of likely N-dealkylation sites (tertiary alicyclic amines) is 1. The number of alkyl halides is 3. The summed E-state index contributed by atoms with van der Waals surface area (Å²) in [6.07, 6.45) is -7.31. The Labute approximate surface area is 201 Å². The van der Waals surface area contributed by atoms with Crippen LogP contribution in [0.3, 0.4) is 0 Å². The zero-order valence-electron chi connectivity index (χ0n) is 19.2. The highest BCUT2D eigenvalue weighted by Crippen LogP contribution is 2.51. The van der Waals surface area contributed by atoms with E-state index >= 15 is 0 Å². The summed E-state index contributed by atoms with van der Waals surface area (Å²) in [7, 11) is 0. The number of benzene rings is 1. The molecule has 5 N–H and O–H groups in total. The van der Waals surface area contributed by atoms with Gasteiger partial charge < -0.3 is 35.8 Å². The van der Waals surface area contributed by atoms with Crippen molar-refractivity contribution in [2.24, 2.45) is 29.4 Å². The Kier molecular flexibility index (Phi) is 7.43. The van der Waals surface area contributed by atoms with E-state index in [1.54, 1.807) is 17.0 Å². The van der Waals surface area contributed by atoms with E-state index in [0.717, 1.165) is 0 Å². The average Bonchev–Trinajstić information content (AvgIpc) is 3.31. The van der Waals surface area contributed by atoms with Crippen molar-refractivity contribution in [3.8, 4) is 5.75 Å². The molecule has 0 radical (unpaired) electrons. The van der Waals surface area contributed by atoms with Crippen LogP contribution in [0.1, 0.15) is 12.8 Å². The molecular formula is C23H31F3N4O5. The van der Waals surface area contributed by atoms with Gasteiger partial charge in [-0.05, 0) is 55.2 Å². The molecule has 3 fully saturated rings. The normalized spacial score (nSPS) is 26.2. The number of ether oxygens (including phenoxy) is 1. The topological polar surface area (TPSA) is 128 Å². The van der Waals surface area contributed by atoms with Gasteiger partial charge in [0.15, 0.2) is 18.0 Å². The molecule has 3 aliphatic rings. The second kappa shape index (κ2) is 10.2. The number of carbonyl (C=O) groups is 2. The number of hydrogen-bond donors (Lipinski definition) is 4. The lowest BCUT2D eigenvalue weighted by Gasteiger charge is -2.34. The van der Waals surface area contributed by atoms with Gasteiger partial charge in [-0.3, -0.25) is 9.59 Å². The molecular weight excluding hydrogens is 469 g/mol. The first kappa shape index (κ1) is 25.5. The number of para-hydroxylation sites is 2. The lowest BCUT2D eigenvalue weighted by Crippen LogP contribution is -2.51. The second-order valence-corrected chi connectivity index (χ2v) is 9.55. The number of anilines is 1. The number of hydrogen-bond acceptors (Lipinski definition) is 7. The van der Waals surface area contributed by atoms with Gasteiger partial charge in [-0.1, -0.05) is 12.1 Å². The standard InChI is InChI=1S/C23H31F3N4O5/c24-23(25,26)35-18-4-2-1-3-17(18)29-7-5-13(6-8-29)10-28-21(33)19(31)20(32)22(34)30-11-15-14(9-27)16(15)12-30/h1-4,13-16,19-20,31-32H,5-12,27H2,(H,28,33)/t14-,15-,16+,19-,20-/m1/s1. The average molecular weight is 501 g/mol. The van der Waals surface area contributed by atoms with Crippen LogP contribution >= 0.6 is 0 Å². The molecule has 1 saturated carbocycles. The van der Waals surface area contributed by atoms with Crippen LogP contribution in [0, 0.1) is 23.7 Å². The SMILES string of the molecule is NC[C@@H]1[C@H]2CN(C(=O)[C@H](O)[C@@H](O)C(=O)NCC3CCN(c4ccccc4OC(F)(F)F)CC3)C[C@@H]12. The van der Waals surface area contributed by atoms with E-state index in [1.165, 1.54) is 17.0 Å². The molecule has 0 aromatic heterocycles. The zero-order valence-corrected chi connectivity index (χ0v) is 19.2. The number of aliphatic hydroxyl groups is 2. The van der Waals surface area contributed by atoms with E-state index in [9.17, 15) is 33.0 Å². The number of amides is 2. The molecule has 1 aromatic carbocycles. The minimum absolute atomic E-state index is 0.0323. The predicted octanol–water partition coefficient (Wildman–Crippen LogP) is 0.303. The molecule has 0 spiro atoms. The number of fused-ring (bicyclic) bond motifs is 1. The van der Waals surface area contributed by atoms with Crippen LogP contribution < -0.4 is 20.7 Å². The van der Waals surface area contributed by atoms with E-state index in [4.69, 9.17) is 5.73 Å².